The van der Waals surface area contributed by atoms with Crippen LogP contribution >= 0.6 is 0 Å². The number of aliphatic imine (C=N–C) groups is 1. The van der Waals surface area contributed by atoms with Crippen molar-refractivity contribution in [1.29, 1.82) is 0 Å². The SMILES string of the molecule is FC(F)(F)COC1=CN=C1. The number of hydrogen-bond acceptors (Lipinski definition) is 2. The molecular weight excluding hydrogens is 147 g/mol. The number of hydrogen-bond donors (Lipinski definition) is 0. The van der Waals surface area contributed by atoms with Crippen LogP contribution in [-0.4, -0.2) is 19.0 Å². The van der Waals surface area contributed by atoms with Gasteiger partial charge >= 0.3 is 6.18 Å². The van der Waals surface area contributed by atoms with Crippen LogP contribution in [-0.2, 0) is 4.74 Å². The first-order valence-corrected chi connectivity index (χ1v) is 2.51. The summed E-state index contributed by atoms with van der Waals surface area (Å²) in [5.74, 6) is 0.178. The third kappa shape index (κ3) is 2.08. The summed E-state index contributed by atoms with van der Waals surface area (Å²) in [5, 5.41) is 0. The molecule has 1 rings (SSSR count). The largest absolute Gasteiger partial charge is 0.481 e. The zero-order valence-corrected chi connectivity index (χ0v) is 4.85. The Balaban J connectivity index is 2.17. The van der Waals surface area contributed by atoms with E-state index >= 15 is 0 Å². The minimum Gasteiger partial charge on any atom is -0.481 e. The molecule has 0 unspecified atom stereocenters. The molecule has 0 aromatic rings. The van der Waals surface area contributed by atoms with E-state index < -0.39 is 12.8 Å². The number of allylic oxidation sites excluding steroid dienone is 1. The molecule has 0 aliphatic carbocycles. The van der Waals surface area contributed by atoms with Crippen molar-refractivity contribution in [1.82, 2.24) is 0 Å². The van der Waals surface area contributed by atoms with Gasteiger partial charge in [-0.1, -0.05) is 0 Å². The maximum absolute atomic E-state index is 11.4. The summed E-state index contributed by atoms with van der Waals surface area (Å²) in [6, 6.07) is 0. The lowest BCUT2D eigenvalue weighted by atomic mass is 10.5. The van der Waals surface area contributed by atoms with E-state index in [1.165, 1.54) is 12.4 Å². The van der Waals surface area contributed by atoms with Gasteiger partial charge in [0.2, 0.25) is 0 Å². The van der Waals surface area contributed by atoms with Crippen molar-refractivity contribution in [2.45, 2.75) is 6.18 Å². The standard InChI is InChI=1S/C5H4F3NO/c6-5(7,8)3-10-4-1-9-2-4/h1-2H,3H2. The molecule has 0 spiro atoms. The smallest absolute Gasteiger partial charge is 0.422 e. The molecule has 0 N–H and O–H groups in total. The molecule has 1 aliphatic heterocycles. The van der Waals surface area contributed by atoms with Crippen molar-refractivity contribution in [3.8, 4) is 0 Å². The van der Waals surface area contributed by atoms with Gasteiger partial charge in [0.15, 0.2) is 12.4 Å². The van der Waals surface area contributed by atoms with Gasteiger partial charge < -0.3 is 4.74 Å². The average molecular weight is 151 g/mol. The van der Waals surface area contributed by atoms with Crippen molar-refractivity contribution >= 4 is 6.21 Å². The summed E-state index contributed by atoms with van der Waals surface area (Å²) in [7, 11) is 0. The van der Waals surface area contributed by atoms with Crippen LogP contribution in [0.1, 0.15) is 0 Å². The van der Waals surface area contributed by atoms with Crippen LogP contribution in [0.3, 0.4) is 0 Å². The van der Waals surface area contributed by atoms with E-state index in [1.54, 1.807) is 0 Å². The van der Waals surface area contributed by atoms with Crippen LogP contribution in [0.5, 0.6) is 0 Å². The number of nitrogens with zero attached hydrogens (tertiary/aromatic N) is 1. The normalized spacial score (nSPS) is 16.1. The van der Waals surface area contributed by atoms with E-state index in [4.69, 9.17) is 0 Å². The van der Waals surface area contributed by atoms with Gasteiger partial charge in [0.1, 0.15) is 0 Å². The van der Waals surface area contributed by atoms with Gasteiger partial charge in [0.25, 0.3) is 0 Å². The molecule has 2 nitrogen and oxygen atoms in total. The van der Waals surface area contributed by atoms with Crippen molar-refractivity contribution in [2.75, 3.05) is 6.61 Å². The fourth-order valence-electron chi connectivity index (χ4n) is 0.375. The molecule has 0 saturated carbocycles. The van der Waals surface area contributed by atoms with Crippen LogP contribution in [0.2, 0.25) is 0 Å². The Morgan fingerprint density at radius 2 is 2.10 bits per heavy atom. The van der Waals surface area contributed by atoms with Crippen LogP contribution in [0.4, 0.5) is 13.2 Å². The maximum atomic E-state index is 11.4. The van der Waals surface area contributed by atoms with Gasteiger partial charge in [-0.15, -0.1) is 0 Å². The minimum absolute atomic E-state index is 0.178. The van der Waals surface area contributed by atoms with E-state index in [-0.39, 0.29) is 5.76 Å². The van der Waals surface area contributed by atoms with Crippen molar-refractivity contribution in [3.63, 3.8) is 0 Å². The summed E-state index contributed by atoms with van der Waals surface area (Å²) >= 11 is 0. The van der Waals surface area contributed by atoms with Gasteiger partial charge in [0.05, 0.1) is 12.4 Å². The lowest BCUT2D eigenvalue weighted by Crippen LogP contribution is -2.17. The highest BCUT2D eigenvalue weighted by Crippen LogP contribution is 2.17. The third-order valence-electron chi connectivity index (χ3n) is 0.806. The second-order valence-corrected chi connectivity index (χ2v) is 1.71. The molecule has 10 heavy (non-hydrogen) atoms. The first-order chi connectivity index (χ1) is 4.58. The molecule has 0 saturated heterocycles. The zero-order chi connectivity index (χ0) is 7.61. The van der Waals surface area contributed by atoms with Crippen molar-refractivity contribution in [3.05, 3.63) is 12.0 Å². The molecule has 0 amide bonds. The van der Waals surface area contributed by atoms with E-state index in [9.17, 15) is 13.2 Å². The van der Waals surface area contributed by atoms with Crippen LogP contribution < -0.4 is 0 Å². The minimum atomic E-state index is -4.26. The molecular formula is C5H4F3NO. The molecule has 0 fully saturated rings. The number of alkyl halides is 3. The summed E-state index contributed by atoms with van der Waals surface area (Å²) in [6.07, 6.45) is -1.80. The average Bonchev–Trinajstić information content (AvgIpc) is 1.56. The predicted octanol–water partition coefficient (Wildman–Crippen LogP) is 1.49. The second-order valence-electron chi connectivity index (χ2n) is 1.71. The van der Waals surface area contributed by atoms with Crippen LogP contribution in [0.15, 0.2) is 17.0 Å². The number of halogens is 3. The number of ether oxygens (including phenoxy) is 1. The highest BCUT2D eigenvalue weighted by Gasteiger charge is 2.28. The van der Waals surface area contributed by atoms with Crippen LogP contribution in [0.25, 0.3) is 0 Å². The van der Waals surface area contributed by atoms with Gasteiger partial charge in [0, 0.05) is 0 Å². The lowest BCUT2D eigenvalue weighted by Gasteiger charge is -2.10. The topological polar surface area (TPSA) is 21.6 Å². The van der Waals surface area contributed by atoms with Gasteiger partial charge in [-0.2, -0.15) is 13.2 Å². The first-order valence-electron chi connectivity index (χ1n) is 2.51. The van der Waals surface area contributed by atoms with Gasteiger partial charge in [-0.3, -0.25) is 4.99 Å². The van der Waals surface area contributed by atoms with E-state index in [0.29, 0.717) is 0 Å². The van der Waals surface area contributed by atoms with E-state index in [2.05, 4.69) is 9.73 Å². The Bertz CT molecular complexity index is 182. The molecule has 0 aromatic heterocycles. The van der Waals surface area contributed by atoms with E-state index in [0.717, 1.165) is 0 Å². The fourth-order valence-corrected chi connectivity index (χ4v) is 0.375. The lowest BCUT2D eigenvalue weighted by molar-refractivity contribution is -0.163. The third-order valence-corrected chi connectivity index (χ3v) is 0.806. The molecule has 0 aromatic carbocycles. The summed E-state index contributed by atoms with van der Waals surface area (Å²) in [6.45, 7) is -1.25. The Labute approximate surface area is 55.0 Å². The monoisotopic (exact) mass is 151 g/mol. The molecule has 0 radical (unpaired) electrons. The molecule has 1 aliphatic rings. The van der Waals surface area contributed by atoms with Crippen molar-refractivity contribution in [2.24, 2.45) is 4.99 Å². The quantitative estimate of drug-likeness (QED) is 0.585. The Hall–Kier alpha value is -1.00. The Kier molecular flexibility index (Phi) is 1.65. The van der Waals surface area contributed by atoms with Crippen molar-refractivity contribution < 1.29 is 17.9 Å². The first kappa shape index (κ1) is 7.11. The van der Waals surface area contributed by atoms with Crippen LogP contribution in [0, 0.1) is 0 Å². The highest BCUT2D eigenvalue weighted by molar-refractivity contribution is 5.81. The number of rotatable bonds is 2. The molecule has 56 valence electrons. The Morgan fingerprint density at radius 3 is 2.40 bits per heavy atom. The Morgan fingerprint density at radius 1 is 1.50 bits per heavy atom. The second kappa shape index (κ2) is 2.32. The molecule has 5 heteroatoms. The highest BCUT2D eigenvalue weighted by atomic mass is 19.4. The molecule has 1 heterocycles. The van der Waals surface area contributed by atoms with E-state index in [1.807, 2.05) is 0 Å². The zero-order valence-electron chi connectivity index (χ0n) is 4.85. The summed E-state index contributed by atoms with van der Waals surface area (Å²) < 4.78 is 38.4. The summed E-state index contributed by atoms with van der Waals surface area (Å²) in [5.41, 5.74) is 0. The molecule has 0 atom stereocenters. The fraction of sp³-hybridized carbons (Fsp3) is 0.400. The van der Waals surface area contributed by atoms with Gasteiger partial charge in [-0.05, 0) is 0 Å². The predicted molar refractivity (Wildman–Crippen MR) is 28.6 cm³/mol. The molecule has 0 bridgehead atoms. The maximum Gasteiger partial charge on any atom is 0.422 e. The summed E-state index contributed by atoms with van der Waals surface area (Å²) in [4.78, 5) is 3.42. The van der Waals surface area contributed by atoms with Gasteiger partial charge in [-0.25, -0.2) is 0 Å².